The number of H-pyrrole nitrogens is 2. The minimum atomic E-state index is 0.493. The summed E-state index contributed by atoms with van der Waals surface area (Å²) in [5, 5.41) is 9.83. The molecular weight excluding hydrogens is 472 g/mol. The van der Waals surface area contributed by atoms with Gasteiger partial charge in [0.2, 0.25) is 0 Å². The fourth-order valence-electron chi connectivity index (χ4n) is 4.68. The Bertz CT molecular complexity index is 1880. The van der Waals surface area contributed by atoms with Crippen LogP contribution in [-0.4, -0.2) is 30.1 Å². The Hall–Kier alpha value is -5.30. The highest BCUT2D eigenvalue weighted by molar-refractivity contribution is 6.00. The normalized spacial score (nSPS) is 11.3. The van der Waals surface area contributed by atoms with Crippen molar-refractivity contribution in [3.8, 4) is 39.7 Å². The number of aromatic nitrogens is 6. The second-order valence-corrected chi connectivity index (χ2v) is 9.03. The molecule has 5 aromatic heterocycles. The molecule has 0 saturated heterocycles. The predicted molar refractivity (Wildman–Crippen MR) is 148 cm³/mol. The van der Waals surface area contributed by atoms with Crippen LogP contribution in [0, 0.1) is 0 Å². The van der Waals surface area contributed by atoms with E-state index in [0.717, 1.165) is 67.0 Å². The van der Waals surface area contributed by atoms with Crippen molar-refractivity contribution >= 4 is 21.8 Å². The van der Waals surface area contributed by atoms with E-state index in [1.165, 1.54) is 0 Å². The molecule has 2 N–H and O–H groups in total. The van der Waals surface area contributed by atoms with Crippen LogP contribution in [0.5, 0.6) is 5.75 Å². The first-order valence-corrected chi connectivity index (χ1v) is 12.3. The molecule has 0 aliphatic carbocycles. The smallest absolute Gasteiger partial charge is 0.138 e. The summed E-state index contributed by atoms with van der Waals surface area (Å²) in [5.41, 5.74) is 8.48. The second kappa shape index (κ2) is 9.29. The van der Waals surface area contributed by atoms with Crippen molar-refractivity contribution in [3.63, 3.8) is 0 Å². The maximum atomic E-state index is 6.00. The number of aromatic amines is 2. The second-order valence-electron chi connectivity index (χ2n) is 9.03. The van der Waals surface area contributed by atoms with E-state index in [0.29, 0.717) is 6.61 Å². The Kier molecular flexibility index (Phi) is 5.37. The van der Waals surface area contributed by atoms with Gasteiger partial charge in [0, 0.05) is 40.4 Å². The van der Waals surface area contributed by atoms with Crippen LogP contribution in [0.25, 0.3) is 55.7 Å². The molecule has 7 heteroatoms. The minimum absolute atomic E-state index is 0.493. The summed E-state index contributed by atoms with van der Waals surface area (Å²) in [6, 6.07) is 28.3. The van der Waals surface area contributed by atoms with Crippen molar-refractivity contribution < 1.29 is 4.74 Å². The van der Waals surface area contributed by atoms with Crippen LogP contribution < -0.4 is 4.74 Å². The molecule has 0 bridgehead atoms. The lowest BCUT2D eigenvalue weighted by atomic mass is 10.0. The quantitative estimate of drug-likeness (QED) is 0.265. The van der Waals surface area contributed by atoms with Crippen LogP contribution >= 0.6 is 0 Å². The number of hydrogen-bond acceptors (Lipinski definition) is 5. The topological polar surface area (TPSA) is 92.4 Å². The molecule has 0 spiro atoms. The van der Waals surface area contributed by atoms with E-state index in [9.17, 15) is 0 Å². The van der Waals surface area contributed by atoms with Gasteiger partial charge in [0.1, 0.15) is 18.1 Å². The van der Waals surface area contributed by atoms with Crippen molar-refractivity contribution in [1.82, 2.24) is 30.1 Å². The molecule has 182 valence electrons. The number of rotatable bonds is 6. The van der Waals surface area contributed by atoms with Crippen LogP contribution in [0.3, 0.4) is 0 Å². The zero-order valence-corrected chi connectivity index (χ0v) is 20.3. The van der Waals surface area contributed by atoms with Gasteiger partial charge < -0.3 is 9.72 Å². The largest absolute Gasteiger partial charge is 0.487 e. The molecule has 0 saturated carbocycles. The molecule has 0 unspecified atom stereocenters. The molecule has 5 heterocycles. The predicted octanol–water partition coefficient (Wildman–Crippen LogP) is 6.81. The van der Waals surface area contributed by atoms with Crippen molar-refractivity contribution in [3.05, 3.63) is 115 Å². The van der Waals surface area contributed by atoms with Crippen molar-refractivity contribution in [2.24, 2.45) is 0 Å². The lowest BCUT2D eigenvalue weighted by Crippen LogP contribution is -1.95. The van der Waals surface area contributed by atoms with Gasteiger partial charge in [0.05, 0.1) is 28.8 Å². The number of ether oxygens (including phenoxy) is 1. The van der Waals surface area contributed by atoms with Gasteiger partial charge in [-0.3, -0.25) is 20.1 Å². The van der Waals surface area contributed by atoms with Gasteiger partial charge in [-0.15, -0.1) is 0 Å². The highest BCUT2D eigenvalue weighted by Crippen LogP contribution is 2.34. The molecule has 0 amide bonds. The molecule has 0 aliphatic rings. The first kappa shape index (κ1) is 21.9. The highest BCUT2D eigenvalue weighted by Gasteiger charge is 2.15. The summed E-state index contributed by atoms with van der Waals surface area (Å²) < 4.78 is 6.00. The van der Waals surface area contributed by atoms with Crippen molar-refractivity contribution in [2.45, 2.75) is 6.61 Å². The third kappa shape index (κ3) is 4.06. The van der Waals surface area contributed by atoms with Gasteiger partial charge in [-0.1, -0.05) is 42.5 Å². The Balaban J connectivity index is 1.24. The van der Waals surface area contributed by atoms with E-state index >= 15 is 0 Å². The van der Waals surface area contributed by atoms with E-state index < -0.39 is 0 Å². The number of nitrogens with zero attached hydrogens (tertiary/aromatic N) is 4. The summed E-state index contributed by atoms with van der Waals surface area (Å²) >= 11 is 0. The standard InChI is InChI=1S/C31H22N6O/c1-2-6-20(7-3-1)19-38-23-14-22(17-32-18-23)21-9-10-27-24(15-21)31(37-36-27)29-16-25-26(35-29)11-13-34-30(25)28-8-4-5-12-33-28/h1-18,35H,19H2,(H,36,37). The van der Waals surface area contributed by atoms with E-state index in [1.807, 2.05) is 72.9 Å². The molecule has 0 aliphatic heterocycles. The van der Waals surface area contributed by atoms with Crippen molar-refractivity contribution in [2.75, 3.05) is 0 Å². The number of pyridine rings is 3. The Morgan fingerprint density at radius 2 is 1.58 bits per heavy atom. The van der Waals surface area contributed by atoms with Gasteiger partial charge >= 0.3 is 0 Å². The fraction of sp³-hybridized carbons (Fsp3) is 0.0323. The summed E-state index contributed by atoms with van der Waals surface area (Å²) in [6.07, 6.45) is 7.17. The van der Waals surface area contributed by atoms with Crippen LogP contribution in [0.1, 0.15) is 5.56 Å². The minimum Gasteiger partial charge on any atom is -0.487 e. The fourth-order valence-corrected chi connectivity index (χ4v) is 4.68. The molecular formula is C31H22N6O. The molecule has 7 nitrogen and oxygen atoms in total. The first-order chi connectivity index (χ1) is 18.8. The zero-order valence-electron chi connectivity index (χ0n) is 20.3. The summed E-state index contributed by atoms with van der Waals surface area (Å²) in [5.74, 6) is 0.726. The first-order valence-electron chi connectivity index (χ1n) is 12.3. The van der Waals surface area contributed by atoms with Gasteiger partial charge in [0.25, 0.3) is 0 Å². The van der Waals surface area contributed by atoms with Crippen LogP contribution in [0.15, 0.2) is 110 Å². The van der Waals surface area contributed by atoms with Crippen molar-refractivity contribution in [1.29, 1.82) is 0 Å². The Morgan fingerprint density at radius 3 is 2.47 bits per heavy atom. The van der Waals surface area contributed by atoms with E-state index in [2.05, 4.69) is 48.3 Å². The summed E-state index contributed by atoms with van der Waals surface area (Å²) in [7, 11) is 0. The molecule has 0 fully saturated rings. The molecule has 7 aromatic rings. The van der Waals surface area contributed by atoms with E-state index in [4.69, 9.17) is 4.74 Å². The molecule has 38 heavy (non-hydrogen) atoms. The third-order valence-corrected chi connectivity index (χ3v) is 6.57. The molecule has 2 aromatic carbocycles. The number of nitrogens with one attached hydrogen (secondary N) is 2. The third-order valence-electron chi connectivity index (χ3n) is 6.57. The van der Waals surface area contributed by atoms with Crippen LogP contribution in [0.4, 0.5) is 0 Å². The summed E-state index contributed by atoms with van der Waals surface area (Å²) in [4.78, 5) is 17.0. The Morgan fingerprint density at radius 1 is 0.684 bits per heavy atom. The summed E-state index contributed by atoms with van der Waals surface area (Å²) in [6.45, 7) is 0.493. The molecule has 0 radical (unpaired) electrons. The van der Waals surface area contributed by atoms with Gasteiger partial charge in [0.15, 0.2) is 0 Å². The molecule has 7 rings (SSSR count). The number of fused-ring (bicyclic) bond motifs is 2. The molecule has 0 atom stereocenters. The zero-order chi connectivity index (χ0) is 25.3. The maximum absolute atomic E-state index is 6.00. The Labute approximate surface area is 218 Å². The average Bonchev–Trinajstić information content (AvgIpc) is 3.61. The maximum Gasteiger partial charge on any atom is 0.138 e. The lowest BCUT2D eigenvalue weighted by molar-refractivity contribution is 0.305. The van der Waals surface area contributed by atoms with Crippen LogP contribution in [0.2, 0.25) is 0 Å². The van der Waals surface area contributed by atoms with Gasteiger partial charge in [-0.05, 0) is 53.6 Å². The number of benzene rings is 2. The van der Waals surface area contributed by atoms with Gasteiger partial charge in [-0.2, -0.15) is 5.10 Å². The van der Waals surface area contributed by atoms with Crippen LogP contribution in [-0.2, 0) is 6.61 Å². The average molecular weight is 495 g/mol. The SMILES string of the molecule is c1ccc(COc2cncc(-c3ccc4[nH]nc(-c5cc6c(-c7ccccn7)nccc6[nH]5)c4c3)c2)cc1. The van der Waals surface area contributed by atoms with E-state index in [1.54, 1.807) is 18.6 Å². The number of hydrogen-bond donors (Lipinski definition) is 2. The van der Waals surface area contributed by atoms with Gasteiger partial charge in [-0.25, -0.2) is 0 Å². The van der Waals surface area contributed by atoms with E-state index in [-0.39, 0.29) is 0 Å². The highest BCUT2D eigenvalue weighted by atomic mass is 16.5. The monoisotopic (exact) mass is 494 g/mol. The lowest BCUT2D eigenvalue weighted by Gasteiger charge is -2.08.